The van der Waals surface area contributed by atoms with Crippen molar-refractivity contribution in [3.8, 4) is 11.3 Å². The van der Waals surface area contributed by atoms with E-state index in [4.69, 9.17) is 0 Å². The molecule has 1 aromatic heterocycles. The zero-order valence-electron chi connectivity index (χ0n) is 15.0. The largest absolute Gasteiger partial charge is 0.366 e. The van der Waals surface area contributed by atoms with E-state index in [1.807, 2.05) is 6.07 Å². The van der Waals surface area contributed by atoms with Gasteiger partial charge in [0.1, 0.15) is 5.82 Å². The fraction of sp³-hybridized carbons (Fsp3) is 0.105. The maximum Gasteiger partial charge on any atom is 0.295 e. The Morgan fingerprint density at radius 1 is 1.04 bits per heavy atom. The molecule has 0 aliphatic heterocycles. The number of pyridine rings is 1. The molecule has 0 fully saturated rings. The molecule has 2 N–H and O–H groups in total. The summed E-state index contributed by atoms with van der Waals surface area (Å²) in [7, 11) is -2.18. The van der Waals surface area contributed by atoms with E-state index in [2.05, 4.69) is 15.0 Å². The summed E-state index contributed by atoms with van der Waals surface area (Å²) in [5.74, 6) is 0.450. The van der Waals surface area contributed by atoms with Crippen molar-refractivity contribution in [2.75, 3.05) is 12.4 Å². The smallest absolute Gasteiger partial charge is 0.295 e. The van der Waals surface area contributed by atoms with Crippen LogP contribution in [0.1, 0.15) is 5.56 Å². The summed E-state index contributed by atoms with van der Waals surface area (Å²) in [5, 5.41) is 14.4. The number of anilines is 1. The van der Waals surface area contributed by atoms with Crippen LogP contribution in [0.25, 0.3) is 11.3 Å². The number of nitro groups is 1. The van der Waals surface area contributed by atoms with Crippen LogP contribution in [-0.4, -0.2) is 25.4 Å². The fourth-order valence-electron chi connectivity index (χ4n) is 2.64. The molecular formula is C19H18N4O4S. The summed E-state index contributed by atoms with van der Waals surface area (Å²) < 4.78 is 26.1. The van der Waals surface area contributed by atoms with E-state index < -0.39 is 14.9 Å². The zero-order chi connectivity index (χ0) is 20.1. The third-order valence-corrected chi connectivity index (χ3v) is 5.48. The topological polar surface area (TPSA) is 114 Å². The highest BCUT2D eigenvalue weighted by Gasteiger charge is 2.17. The van der Waals surface area contributed by atoms with Crippen LogP contribution in [0.15, 0.2) is 71.6 Å². The molecule has 0 bridgehead atoms. The molecule has 0 amide bonds. The second kappa shape index (κ2) is 8.15. The standard InChI is InChI=1S/C19H18N4O4S/c1-20-28(26,27)16-9-5-6-14(12-16)13-21-18-11-10-17(23(24)25)19(22-18)15-7-3-2-4-8-15/h2-12,20H,13H2,1H3,(H,21,22). The molecule has 0 unspecified atom stereocenters. The van der Waals surface area contributed by atoms with Crippen molar-refractivity contribution in [2.45, 2.75) is 11.4 Å². The Morgan fingerprint density at radius 3 is 2.46 bits per heavy atom. The monoisotopic (exact) mass is 398 g/mol. The van der Waals surface area contributed by atoms with Gasteiger partial charge in [0, 0.05) is 18.2 Å². The summed E-state index contributed by atoms with van der Waals surface area (Å²) in [4.78, 5) is 15.4. The van der Waals surface area contributed by atoms with Gasteiger partial charge in [0.05, 0.1) is 9.82 Å². The molecule has 3 aromatic rings. The molecule has 3 rings (SSSR count). The van der Waals surface area contributed by atoms with E-state index in [1.54, 1.807) is 42.5 Å². The fourth-order valence-corrected chi connectivity index (χ4v) is 3.44. The Balaban J connectivity index is 1.86. The second-order valence-electron chi connectivity index (χ2n) is 5.90. The van der Waals surface area contributed by atoms with Crippen molar-refractivity contribution in [2.24, 2.45) is 0 Å². The van der Waals surface area contributed by atoms with Gasteiger partial charge in [-0.25, -0.2) is 18.1 Å². The Bertz CT molecular complexity index is 1100. The molecule has 144 valence electrons. The van der Waals surface area contributed by atoms with Crippen molar-refractivity contribution >= 4 is 21.5 Å². The molecule has 8 nitrogen and oxygen atoms in total. The number of hydrogen-bond donors (Lipinski definition) is 2. The average molecular weight is 398 g/mol. The lowest BCUT2D eigenvalue weighted by molar-refractivity contribution is -0.384. The molecule has 2 aromatic carbocycles. The molecule has 0 spiro atoms. The first-order chi connectivity index (χ1) is 13.4. The lowest BCUT2D eigenvalue weighted by Gasteiger charge is -2.10. The van der Waals surface area contributed by atoms with Crippen molar-refractivity contribution in [1.29, 1.82) is 0 Å². The Morgan fingerprint density at radius 2 is 1.79 bits per heavy atom. The molecular weight excluding hydrogens is 380 g/mol. The predicted molar refractivity (Wildman–Crippen MR) is 106 cm³/mol. The van der Waals surface area contributed by atoms with Crippen LogP contribution in [0.5, 0.6) is 0 Å². The molecule has 0 saturated carbocycles. The average Bonchev–Trinajstić information content (AvgIpc) is 2.72. The molecule has 0 saturated heterocycles. The summed E-state index contributed by atoms with van der Waals surface area (Å²) in [6.07, 6.45) is 0. The molecule has 1 heterocycles. The third-order valence-electron chi connectivity index (χ3n) is 4.07. The number of nitrogens with one attached hydrogen (secondary N) is 2. The van der Waals surface area contributed by atoms with E-state index in [0.29, 0.717) is 17.9 Å². The minimum atomic E-state index is -3.53. The van der Waals surface area contributed by atoms with Crippen LogP contribution in [0.2, 0.25) is 0 Å². The zero-order valence-corrected chi connectivity index (χ0v) is 15.8. The Hall–Kier alpha value is -3.30. The van der Waals surface area contributed by atoms with E-state index in [9.17, 15) is 18.5 Å². The maximum absolute atomic E-state index is 11.9. The van der Waals surface area contributed by atoms with Crippen LogP contribution in [0.3, 0.4) is 0 Å². The van der Waals surface area contributed by atoms with Crippen molar-refractivity contribution in [3.05, 3.63) is 82.4 Å². The predicted octanol–water partition coefficient (Wildman–Crippen LogP) is 3.18. The maximum atomic E-state index is 11.9. The summed E-state index contributed by atoms with van der Waals surface area (Å²) in [5.41, 5.74) is 1.55. The van der Waals surface area contributed by atoms with Gasteiger partial charge in [-0.15, -0.1) is 0 Å². The number of rotatable bonds is 7. The summed E-state index contributed by atoms with van der Waals surface area (Å²) in [6, 6.07) is 18.3. The first-order valence-electron chi connectivity index (χ1n) is 8.38. The Labute approximate surface area is 162 Å². The molecule has 0 radical (unpaired) electrons. The lowest BCUT2D eigenvalue weighted by atomic mass is 10.1. The highest BCUT2D eigenvalue weighted by atomic mass is 32.2. The van der Waals surface area contributed by atoms with Gasteiger partial charge >= 0.3 is 0 Å². The summed E-state index contributed by atoms with van der Waals surface area (Å²) >= 11 is 0. The van der Waals surface area contributed by atoms with Gasteiger partial charge < -0.3 is 5.32 Å². The first-order valence-corrected chi connectivity index (χ1v) is 9.86. The first kappa shape index (κ1) is 19.5. The highest BCUT2D eigenvalue weighted by molar-refractivity contribution is 7.89. The third kappa shape index (κ3) is 4.33. The van der Waals surface area contributed by atoms with Gasteiger partial charge in [0.15, 0.2) is 5.69 Å². The quantitative estimate of drug-likeness (QED) is 0.467. The lowest BCUT2D eigenvalue weighted by Crippen LogP contribution is -2.18. The summed E-state index contributed by atoms with van der Waals surface area (Å²) in [6.45, 7) is 0.312. The van der Waals surface area contributed by atoms with Crippen LogP contribution >= 0.6 is 0 Å². The van der Waals surface area contributed by atoms with Crippen LogP contribution in [0.4, 0.5) is 11.5 Å². The van der Waals surface area contributed by atoms with Gasteiger partial charge in [0.25, 0.3) is 5.69 Å². The molecule has 0 aliphatic carbocycles. The van der Waals surface area contributed by atoms with Gasteiger partial charge in [0.2, 0.25) is 10.0 Å². The van der Waals surface area contributed by atoms with Gasteiger partial charge in [-0.2, -0.15) is 0 Å². The van der Waals surface area contributed by atoms with Crippen molar-refractivity contribution in [3.63, 3.8) is 0 Å². The van der Waals surface area contributed by atoms with Gasteiger partial charge in [-0.3, -0.25) is 10.1 Å². The number of hydrogen-bond acceptors (Lipinski definition) is 6. The van der Waals surface area contributed by atoms with Crippen molar-refractivity contribution in [1.82, 2.24) is 9.71 Å². The van der Waals surface area contributed by atoms with Crippen LogP contribution < -0.4 is 10.0 Å². The van der Waals surface area contributed by atoms with E-state index in [1.165, 1.54) is 25.2 Å². The SMILES string of the molecule is CNS(=O)(=O)c1cccc(CNc2ccc([N+](=O)[O-])c(-c3ccccc3)n2)c1. The van der Waals surface area contributed by atoms with Gasteiger partial charge in [-0.1, -0.05) is 42.5 Å². The van der Waals surface area contributed by atoms with E-state index in [0.717, 1.165) is 5.56 Å². The van der Waals surface area contributed by atoms with Crippen LogP contribution in [0, 0.1) is 10.1 Å². The minimum absolute atomic E-state index is 0.0844. The number of benzene rings is 2. The van der Waals surface area contributed by atoms with Crippen LogP contribution in [-0.2, 0) is 16.6 Å². The van der Waals surface area contributed by atoms with Gasteiger partial charge in [-0.05, 0) is 30.8 Å². The Kier molecular flexibility index (Phi) is 5.67. The molecule has 0 atom stereocenters. The minimum Gasteiger partial charge on any atom is -0.366 e. The van der Waals surface area contributed by atoms with E-state index >= 15 is 0 Å². The molecule has 9 heteroatoms. The number of nitrogens with zero attached hydrogens (tertiary/aromatic N) is 2. The van der Waals surface area contributed by atoms with Crippen molar-refractivity contribution < 1.29 is 13.3 Å². The normalized spacial score (nSPS) is 11.2. The number of sulfonamides is 1. The van der Waals surface area contributed by atoms with E-state index in [-0.39, 0.29) is 16.3 Å². The number of aromatic nitrogens is 1. The highest BCUT2D eigenvalue weighted by Crippen LogP contribution is 2.29. The molecule has 28 heavy (non-hydrogen) atoms. The second-order valence-corrected chi connectivity index (χ2v) is 7.78. The molecule has 0 aliphatic rings.